The number of hydrogen-bond acceptors (Lipinski definition) is 4. The maximum Gasteiger partial charge on any atom is 0.168 e. The van der Waals surface area contributed by atoms with Crippen molar-refractivity contribution in [2.45, 2.75) is 46.1 Å². The van der Waals surface area contributed by atoms with Crippen LogP contribution in [0, 0.1) is 5.41 Å². The molecule has 114 valence electrons. The SMILES string of the molecule is CCCNC1CC(C)(C)Cc2nc(-c3nccn3C)sc21. The number of nitrogens with zero attached hydrogens (tertiary/aromatic N) is 3. The van der Waals surface area contributed by atoms with E-state index in [0.29, 0.717) is 11.5 Å². The molecule has 1 N–H and O–H groups in total. The summed E-state index contributed by atoms with van der Waals surface area (Å²) in [6.07, 6.45) is 7.23. The van der Waals surface area contributed by atoms with Crippen LogP contribution in [0.25, 0.3) is 10.8 Å². The van der Waals surface area contributed by atoms with E-state index < -0.39 is 0 Å². The topological polar surface area (TPSA) is 42.7 Å². The van der Waals surface area contributed by atoms with Gasteiger partial charge in [-0.15, -0.1) is 11.3 Å². The molecule has 2 aromatic heterocycles. The van der Waals surface area contributed by atoms with Crippen LogP contribution < -0.4 is 5.32 Å². The fraction of sp³-hybridized carbons (Fsp3) is 0.625. The van der Waals surface area contributed by atoms with Gasteiger partial charge in [0.15, 0.2) is 10.8 Å². The number of thiazole rings is 1. The molecule has 5 heteroatoms. The smallest absolute Gasteiger partial charge is 0.168 e. The van der Waals surface area contributed by atoms with Crippen molar-refractivity contribution in [1.82, 2.24) is 19.9 Å². The first-order valence-corrected chi connectivity index (χ1v) is 8.52. The van der Waals surface area contributed by atoms with Crippen LogP contribution >= 0.6 is 11.3 Å². The first-order valence-electron chi connectivity index (χ1n) is 7.71. The molecule has 0 amide bonds. The van der Waals surface area contributed by atoms with E-state index in [9.17, 15) is 0 Å². The monoisotopic (exact) mass is 304 g/mol. The third-order valence-corrected chi connectivity index (χ3v) is 5.31. The minimum absolute atomic E-state index is 0.311. The quantitative estimate of drug-likeness (QED) is 0.939. The van der Waals surface area contributed by atoms with Gasteiger partial charge in [-0.3, -0.25) is 0 Å². The van der Waals surface area contributed by atoms with E-state index in [1.807, 2.05) is 35.3 Å². The highest BCUT2D eigenvalue weighted by molar-refractivity contribution is 7.15. The van der Waals surface area contributed by atoms with Gasteiger partial charge in [0.1, 0.15) is 0 Å². The fourth-order valence-corrected chi connectivity index (χ4v) is 4.28. The molecule has 0 aromatic carbocycles. The normalized spacial score (nSPS) is 20.5. The molecule has 1 aliphatic rings. The first kappa shape index (κ1) is 14.7. The van der Waals surface area contributed by atoms with Crippen molar-refractivity contribution >= 4 is 11.3 Å². The molecule has 1 unspecified atom stereocenters. The highest BCUT2D eigenvalue weighted by Gasteiger charge is 2.35. The van der Waals surface area contributed by atoms with Crippen molar-refractivity contribution in [1.29, 1.82) is 0 Å². The summed E-state index contributed by atoms with van der Waals surface area (Å²) < 4.78 is 2.05. The maximum absolute atomic E-state index is 4.90. The zero-order chi connectivity index (χ0) is 15.0. The van der Waals surface area contributed by atoms with Crippen LogP contribution in [-0.2, 0) is 13.5 Å². The summed E-state index contributed by atoms with van der Waals surface area (Å²) in [6, 6.07) is 0.440. The van der Waals surface area contributed by atoms with Crippen molar-refractivity contribution < 1.29 is 0 Å². The summed E-state index contributed by atoms with van der Waals surface area (Å²) in [6.45, 7) is 7.97. The van der Waals surface area contributed by atoms with Crippen LogP contribution in [0.2, 0.25) is 0 Å². The van der Waals surface area contributed by atoms with Crippen LogP contribution in [0.4, 0.5) is 0 Å². The molecule has 2 heterocycles. The standard InChI is InChI=1S/C16H24N4S/c1-5-6-17-11-9-16(2,3)10-12-13(11)21-15(19-12)14-18-7-8-20(14)4/h7-8,11,17H,5-6,9-10H2,1-4H3. The Hall–Kier alpha value is -1.20. The predicted molar refractivity (Wildman–Crippen MR) is 87.5 cm³/mol. The average Bonchev–Trinajstić information content (AvgIpc) is 3.00. The third kappa shape index (κ3) is 2.90. The van der Waals surface area contributed by atoms with Crippen molar-refractivity contribution in [2.24, 2.45) is 12.5 Å². The van der Waals surface area contributed by atoms with E-state index in [1.54, 1.807) is 0 Å². The number of aryl methyl sites for hydroxylation is 1. The first-order chi connectivity index (χ1) is 10.00. The van der Waals surface area contributed by atoms with Crippen molar-refractivity contribution in [3.63, 3.8) is 0 Å². The highest BCUT2D eigenvalue weighted by atomic mass is 32.1. The van der Waals surface area contributed by atoms with Gasteiger partial charge in [0, 0.05) is 30.4 Å². The Bertz CT molecular complexity index is 626. The lowest BCUT2D eigenvalue weighted by molar-refractivity contribution is 0.258. The molecule has 0 aliphatic heterocycles. The molecule has 1 atom stereocenters. The minimum atomic E-state index is 0.311. The number of aromatic nitrogens is 3. The molecule has 0 saturated heterocycles. The van der Waals surface area contributed by atoms with Crippen LogP contribution in [0.5, 0.6) is 0 Å². The molecular weight excluding hydrogens is 280 g/mol. The predicted octanol–water partition coefficient (Wildman–Crippen LogP) is 3.56. The van der Waals surface area contributed by atoms with E-state index in [-0.39, 0.29) is 0 Å². The number of imidazole rings is 1. The molecule has 0 radical (unpaired) electrons. The van der Waals surface area contributed by atoms with Gasteiger partial charge in [-0.25, -0.2) is 9.97 Å². The Kier molecular flexibility index (Phi) is 3.88. The summed E-state index contributed by atoms with van der Waals surface area (Å²) in [5, 5.41) is 4.75. The number of nitrogens with one attached hydrogen (secondary N) is 1. The van der Waals surface area contributed by atoms with Gasteiger partial charge in [0.05, 0.1) is 5.69 Å². The van der Waals surface area contributed by atoms with Gasteiger partial charge in [-0.05, 0) is 31.2 Å². The van der Waals surface area contributed by atoms with E-state index in [2.05, 4.69) is 31.1 Å². The van der Waals surface area contributed by atoms with Crippen molar-refractivity contribution in [3.8, 4) is 10.8 Å². The number of fused-ring (bicyclic) bond motifs is 1. The number of rotatable bonds is 4. The summed E-state index contributed by atoms with van der Waals surface area (Å²) in [4.78, 5) is 10.8. The van der Waals surface area contributed by atoms with Crippen LogP contribution in [0.3, 0.4) is 0 Å². The van der Waals surface area contributed by atoms with Crippen molar-refractivity contribution in [2.75, 3.05) is 6.54 Å². The summed E-state index contributed by atoms with van der Waals surface area (Å²) >= 11 is 1.81. The molecule has 1 aliphatic carbocycles. The molecule has 2 aromatic rings. The molecule has 0 bridgehead atoms. The molecule has 0 fully saturated rings. The van der Waals surface area contributed by atoms with E-state index >= 15 is 0 Å². The lowest BCUT2D eigenvalue weighted by atomic mass is 9.76. The van der Waals surface area contributed by atoms with E-state index in [1.165, 1.54) is 17.0 Å². The second-order valence-corrected chi connectivity index (χ2v) is 7.77. The van der Waals surface area contributed by atoms with E-state index in [4.69, 9.17) is 4.98 Å². The summed E-state index contributed by atoms with van der Waals surface area (Å²) in [5.41, 5.74) is 1.58. The van der Waals surface area contributed by atoms with Crippen LogP contribution in [0.1, 0.15) is 50.2 Å². The van der Waals surface area contributed by atoms with E-state index in [0.717, 1.165) is 30.2 Å². The van der Waals surface area contributed by atoms with Gasteiger partial charge >= 0.3 is 0 Å². The van der Waals surface area contributed by atoms with Gasteiger partial charge in [-0.2, -0.15) is 0 Å². The summed E-state index contributed by atoms with van der Waals surface area (Å²) in [7, 11) is 2.03. The van der Waals surface area contributed by atoms with Gasteiger partial charge in [-0.1, -0.05) is 20.8 Å². The Balaban J connectivity index is 1.97. The lowest BCUT2D eigenvalue weighted by Gasteiger charge is -2.34. The third-order valence-electron chi connectivity index (χ3n) is 4.10. The van der Waals surface area contributed by atoms with Gasteiger partial charge in [0.2, 0.25) is 0 Å². The molecule has 4 nitrogen and oxygen atoms in total. The Labute approximate surface area is 130 Å². The second kappa shape index (κ2) is 5.54. The summed E-state index contributed by atoms with van der Waals surface area (Å²) in [5.74, 6) is 0.974. The molecule has 21 heavy (non-hydrogen) atoms. The zero-order valence-electron chi connectivity index (χ0n) is 13.3. The van der Waals surface area contributed by atoms with Gasteiger partial charge < -0.3 is 9.88 Å². The number of hydrogen-bond donors (Lipinski definition) is 1. The Morgan fingerprint density at radius 3 is 2.95 bits per heavy atom. The van der Waals surface area contributed by atoms with Crippen LogP contribution in [0.15, 0.2) is 12.4 Å². The Morgan fingerprint density at radius 2 is 2.29 bits per heavy atom. The van der Waals surface area contributed by atoms with Crippen LogP contribution in [-0.4, -0.2) is 21.1 Å². The van der Waals surface area contributed by atoms with Crippen molar-refractivity contribution in [3.05, 3.63) is 23.0 Å². The largest absolute Gasteiger partial charge is 0.332 e. The maximum atomic E-state index is 4.90. The van der Waals surface area contributed by atoms with Gasteiger partial charge in [0.25, 0.3) is 0 Å². The fourth-order valence-electron chi connectivity index (χ4n) is 3.08. The molecule has 0 spiro atoms. The Morgan fingerprint density at radius 1 is 1.48 bits per heavy atom. The minimum Gasteiger partial charge on any atom is -0.332 e. The molecular formula is C16H24N4S. The second-order valence-electron chi connectivity index (χ2n) is 6.74. The molecule has 0 saturated carbocycles. The zero-order valence-corrected chi connectivity index (χ0v) is 14.1. The lowest BCUT2D eigenvalue weighted by Crippen LogP contribution is -2.33. The molecule has 3 rings (SSSR count). The average molecular weight is 304 g/mol. The highest BCUT2D eigenvalue weighted by Crippen LogP contribution is 2.44.